The van der Waals surface area contributed by atoms with Gasteiger partial charge in [-0.25, -0.2) is 4.79 Å². The standard InChI is InChI=1S/C14H9F3O4/c15-14(16,17)21-10-4-5-11(12(18)7-10)8-2-1-3-9(6-8)13(19)20/h1-7,18H,(H,19,20). The van der Waals surface area contributed by atoms with E-state index in [9.17, 15) is 23.1 Å². The zero-order chi connectivity index (χ0) is 15.6. The van der Waals surface area contributed by atoms with Crippen LogP contribution in [0.1, 0.15) is 10.4 Å². The van der Waals surface area contributed by atoms with Crippen LogP contribution in [0.4, 0.5) is 13.2 Å². The maximum atomic E-state index is 12.1. The average Bonchev–Trinajstić information content (AvgIpc) is 2.37. The van der Waals surface area contributed by atoms with Crippen molar-refractivity contribution in [3.63, 3.8) is 0 Å². The Hall–Kier alpha value is -2.70. The molecule has 0 amide bonds. The van der Waals surface area contributed by atoms with Gasteiger partial charge in [0.1, 0.15) is 11.5 Å². The summed E-state index contributed by atoms with van der Waals surface area (Å²) in [5.41, 5.74) is 0.570. The molecule has 7 heteroatoms. The number of carboxylic acid groups (broad SMARTS) is 1. The van der Waals surface area contributed by atoms with Crippen molar-refractivity contribution < 1.29 is 32.9 Å². The first-order chi connectivity index (χ1) is 9.76. The van der Waals surface area contributed by atoms with Gasteiger partial charge in [0.05, 0.1) is 5.56 Å². The molecular formula is C14H9F3O4. The summed E-state index contributed by atoms with van der Waals surface area (Å²) in [5.74, 6) is -2.15. The first-order valence-electron chi connectivity index (χ1n) is 5.69. The Morgan fingerprint density at radius 3 is 2.38 bits per heavy atom. The van der Waals surface area contributed by atoms with E-state index in [4.69, 9.17) is 5.11 Å². The molecule has 0 fully saturated rings. The Labute approximate surface area is 117 Å². The highest BCUT2D eigenvalue weighted by Crippen LogP contribution is 2.34. The van der Waals surface area contributed by atoms with Crippen molar-refractivity contribution in [1.82, 2.24) is 0 Å². The lowest BCUT2D eigenvalue weighted by molar-refractivity contribution is -0.274. The number of carboxylic acids is 1. The minimum absolute atomic E-state index is 0.00233. The van der Waals surface area contributed by atoms with Crippen LogP contribution in [-0.2, 0) is 0 Å². The predicted octanol–water partition coefficient (Wildman–Crippen LogP) is 3.66. The van der Waals surface area contributed by atoms with Gasteiger partial charge in [0.15, 0.2) is 0 Å². The molecule has 2 aromatic rings. The van der Waals surface area contributed by atoms with Crippen LogP contribution in [0.3, 0.4) is 0 Å². The van der Waals surface area contributed by atoms with E-state index in [-0.39, 0.29) is 11.1 Å². The number of ether oxygens (including phenoxy) is 1. The molecule has 0 aromatic heterocycles. The second kappa shape index (κ2) is 5.35. The summed E-state index contributed by atoms with van der Waals surface area (Å²) in [6, 6.07) is 8.75. The van der Waals surface area contributed by atoms with Gasteiger partial charge in [-0.3, -0.25) is 0 Å². The normalized spacial score (nSPS) is 11.2. The maximum absolute atomic E-state index is 12.1. The summed E-state index contributed by atoms with van der Waals surface area (Å²) < 4.78 is 39.9. The Kier molecular flexibility index (Phi) is 3.75. The number of alkyl halides is 3. The molecule has 0 aliphatic rings. The van der Waals surface area contributed by atoms with Gasteiger partial charge in [0.2, 0.25) is 0 Å². The molecule has 0 unspecified atom stereocenters. The molecule has 0 saturated heterocycles. The van der Waals surface area contributed by atoms with Gasteiger partial charge in [-0.05, 0) is 29.8 Å². The van der Waals surface area contributed by atoms with Crippen molar-refractivity contribution in [2.24, 2.45) is 0 Å². The lowest BCUT2D eigenvalue weighted by Crippen LogP contribution is -2.16. The fraction of sp³-hybridized carbons (Fsp3) is 0.0714. The minimum atomic E-state index is -4.85. The molecule has 0 bridgehead atoms. The smallest absolute Gasteiger partial charge is 0.507 e. The van der Waals surface area contributed by atoms with E-state index in [1.807, 2.05) is 0 Å². The fourth-order valence-corrected chi connectivity index (χ4v) is 1.77. The van der Waals surface area contributed by atoms with Gasteiger partial charge in [-0.2, -0.15) is 0 Å². The SMILES string of the molecule is O=C(O)c1cccc(-c2ccc(OC(F)(F)F)cc2O)c1. The van der Waals surface area contributed by atoms with E-state index in [2.05, 4.69) is 4.74 Å². The molecule has 0 aliphatic carbocycles. The Morgan fingerprint density at radius 1 is 1.10 bits per heavy atom. The molecule has 0 atom stereocenters. The van der Waals surface area contributed by atoms with Gasteiger partial charge < -0.3 is 14.9 Å². The van der Waals surface area contributed by atoms with E-state index >= 15 is 0 Å². The molecule has 2 rings (SSSR count). The number of aromatic carboxylic acids is 1. The van der Waals surface area contributed by atoms with E-state index in [1.54, 1.807) is 0 Å². The highest BCUT2D eigenvalue weighted by atomic mass is 19.4. The third-order valence-electron chi connectivity index (χ3n) is 2.62. The number of hydrogen-bond acceptors (Lipinski definition) is 3. The van der Waals surface area contributed by atoms with Crippen molar-refractivity contribution in [3.05, 3.63) is 48.0 Å². The number of aromatic hydroxyl groups is 1. The Bertz CT molecular complexity index is 680. The molecule has 2 aromatic carbocycles. The molecular weight excluding hydrogens is 289 g/mol. The lowest BCUT2D eigenvalue weighted by atomic mass is 10.0. The maximum Gasteiger partial charge on any atom is 0.573 e. The number of rotatable bonds is 3. The lowest BCUT2D eigenvalue weighted by Gasteiger charge is -2.11. The van der Waals surface area contributed by atoms with Crippen LogP contribution in [-0.4, -0.2) is 22.5 Å². The molecule has 0 spiro atoms. The molecule has 0 saturated carbocycles. The van der Waals surface area contributed by atoms with Gasteiger partial charge in [0.25, 0.3) is 0 Å². The van der Waals surface area contributed by atoms with E-state index < -0.39 is 23.8 Å². The zero-order valence-electron chi connectivity index (χ0n) is 10.4. The first-order valence-corrected chi connectivity index (χ1v) is 5.69. The van der Waals surface area contributed by atoms with Crippen LogP contribution in [0.5, 0.6) is 11.5 Å². The summed E-state index contributed by atoms with van der Waals surface area (Å²) in [4.78, 5) is 10.9. The molecule has 0 heterocycles. The first kappa shape index (κ1) is 14.7. The number of benzene rings is 2. The number of hydrogen-bond donors (Lipinski definition) is 2. The van der Waals surface area contributed by atoms with Crippen LogP contribution in [0.25, 0.3) is 11.1 Å². The van der Waals surface area contributed by atoms with Crippen LogP contribution in [0, 0.1) is 0 Å². The fourth-order valence-electron chi connectivity index (χ4n) is 1.77. The highest BCUT2D eigenvalue weighted by Gasteiger charge is 2.31. The Morgan fingerprint density at radius 2 is 1.81 bits per heavy atom. The van der Waals surface area contributed by atoms with Crippen molar-refractivity contribution in [1.29, 1.82) is 0 Å². The third kappa shape index (κ3) is 3.65. The van der Waals surface area contributed by atoms with Crippen molar-refractivity contribution in [2.75, 3.05) is 0 Å². The largest absolute Gasteiger partial charge is 0.573 e. The highest BCUT2D eigenvalue weighted by molar-refractivity contribution is 5.89. The van der Waals surface area contributed by atoms with Crippen molar-refractivity contribution in [2.45, 2.75) is 6.36 Å². The van der Waals surface area contributed by atoms with Gasteiger partial charge in [-0.1, -0.05) is 12.1 Å². The minimum Gasteiger partial charge on any atom is -0.507 e. The summed E-state index contributed by atoms with van der Waals surface area (Å²) in [6.07, 6.45) is -4.85. The van der Waals surface area contributed by atoms with Crippen LogP contribution < -0.4 is 4.74 Å². The van der Waals surface area contributed by atoms with Crippen LogP contribution in [0.2, 0.25) is 0 Å². The summed E-state index contributed by atoms with van der Waals surface area (Å²) in [7, 11) is 0. The second-order valence-electron chi connectivity index (χ2n) is 4.11. The topological polar surface area (TPSA) is 66.8 Å². The van der Waals surface area contributed by atoms with Gasteiger partial charge in [-0.15, -0.1) is 13.2 Å². The Balaban J connectivity index is 2.37. The van der Waals surface area contributed by atoms with E-state index in [0.717, 1.165) is 12.1 Å². The van der Waals surface area contributed by atoms with Crippen LogP contribution in [0.15, 0.2) is 42.5 Å². The molecule has 21 heavy (non-hydrogen) atoms. The quantitative estimate of drug-likeness (QED) is 0.907. The number of carbonyl (C=O) groups is 1. The van der Waals surface area contributed by atoms with Gasteiger partial charge in [0, 0.05) is 11.6 Å². The molecule has 110 valence electrons. The average molecular weight is 298 g/mol. The van der Waals surface area contributed by atoms with Gasteiger partial charge >= 0.3 is 12.3 Å². The number of phenolic OH excluding ortho intramolecular Hbond substituents is 1. The third-order valence-corrected chi connectivity index (χ3v) is 2.62. The number of halogens is 3. The summed E-state index contributed by atoms with van der Waals surface area (Å²) in [6.45, 7) is 0. The van der Waals surface area contributed by atoms with E-state index in [1.165, 1.54) is 30.3 Å². The number of phenols is 1. The predicted molar refractivity (Wildman–Crippen MR) is 67.2 cm³/mol. The molecule has 0 radical (unpaired) electrons. The monoisotopic (exact) mass is 298 g/mol. The molecule has 4 nitrogen and oxygen atoms in total. The summed E-state index contributed by atoms with van der Waals surface area (Å²) >= 11 is 0. The second-order valence-corrected chi connectivity index (χ2v) is 4.11. The van der Waals surface area contributed by atoms with Crippen molar-refractivity contribution >= 4 is 5.97 Å². The van der Waals surface area contributed by atoms with Crippen LogP contribution >= 0.6 is 0 Å². The van der Waals surface area contributed by atoms with E-state index in [0.29, 0.717) is 5.56 Å². The van der Waals surface area contributed by atoms with Crippen molar-refractivity contribution in [3.8, 4) is 22.6 Å². The summed E-state index contributed by atoms with van der Waals surface area (Å²) in [5, 5.41) is 18.7. The molecule has 2 N–H and O–H groups in total. The zero-order valence-corrected chi connectivity index (χ0v) is 10.4. The molecule has 0 aliphatic heterocycles.